The smallest absolute Gasteiger partial charge is 0.790 e. The first-order chi connectivity index (χ1) is 13.8. The molecule has 168 valence electrons. The monoisotopic (exact) mass is 514 g/mol. The molecular formula is C11H13Li4N4O12P3. The fourth-order valence-corrected chi connectivity index (χ4v) is 5.57. The first kappa shape index (κ1) is 37.3. The number of hydrogen-bond donors (Lipinski definition) is 2. The first-order valence-electron chi connectivity index (χ1n) is 7.88. The minimum absolute atomic E-state index is 0. The summed E-state index contributed by atoms with van der Waals surface area (Å²) < 4.78 is 50.9. The van der Waals surface area contributed by atoms with E-state index in [-0.39, 0.29) is 87.7 Å². The Morgan fingerprint density at radius 1 is 1.09 bits per heavy atom. The van der Waals surface area contributed by atoms with Gasteiger partial charge in [0.15, 0.2) is 0 Å². The number of nitrogen functional groups attached to an aromatic ring is 1. The van der Waals surface area contributed by atoms with Crippen molar-refractivity contribution in [2.75, 3.05) is 12.3 Å². The molecule has 2 aromatic heterocycles. The van der Waals surface area contributed by atoms with Crippen molar-refractivity contribution in [3.63, 3.8) is 0 Å². The van der Waals surface area contributed by atoms with Crippen LogP contribution in [0.3, 0.4) is 0 Å². The van der Waals surface area contributed by atoms with Crippen molar-refractivity contribution in [3.8, 4) is 0 Å². The molecule has 16 nitrogen and oxygen atoms in total. The quantitative estimate of drug-likeness (QED) is 0.245. The van der Waals surface area contributed by atoms with Crippen molar-refractivity contribution in [2.24, 2.45) is 0 Å². The molecule has 34 heavy (non-hydrogen) atoms. The first-order valence-corrected chi connectivity index (χ1v) is 12.3. The van der Waals surface area contributed by atoms with Crippen LogP contribution < -0.4 is 101 Å². The second kappa shape index (κ2) is 14.3. The van der Waals surface area contributed by atoms with Gasteiger partial charge < -0.3 is 48.8 Å². The largest absolute Gasteiger partial charge is 1.00 e. The number of nitrogens with two attached hydrogens (primary N) is 1. The maximum Gasteiger partial charge on any atom is 1.00 e. The molecule has 0 aromatic carbocycles. The third-order valence-electron chi connectivity index (χ3n) is 3.85. The molecule has 2 aromatic rings. The molecule has 23 heteroatoms. The Morgan fingerprint density at radius 2 is 1.71 bits per heavy atom. The number of aromatic nitrogens is 3. The molecule has 0 radical (unpaired) electrons. The minimum Gasteiger partial charge on any atom is -0.790 e. The molecule has 5 unspecified atom stereocenters. The van der Waals surface area contributed by atoms with E-state index < -0.39 is 48.5 Å². The van der Waals surface area contributed by atoms with Gasteiger partial charge in [-0.2, -0.15) is 0 Å². The summed E-state index contributed by atoms with van der Waals surface area (Å²) in [5, 5.41) is 10.6. The molecule has 0 amide bonds. The molecule has 0 bridgehead atoms. The van der Waals surface area contributed by atoms with Gasteiger partial charge >= 0.3 is 75.4 Å². The average molecular weight is 514 g/mol. The topological polar surface area (TPSA) is 257 Å². The van der Waals surface area contributed by atoms with Crippen molar-refractivity contribution < 1.29 is 132 Å². The third kappa shape index (κ3) is 10.1. The van der Waals surface area contributed by atoms with Crippen LogP contribution in [0.4, 0.5) is 5.82 Å². The van der Waals surface area contributed by atoms with Gasteiger partial charge in [-0.1, -0.05) is 0 Å². The van der Waals surface area contributed by atoms with Crippen molar-refractivity contribution >= 4 is 40.3 Å². The van der Waals surface area contributed by atoms with Gasteiger partial charge in [-0.3, -0.25) is 13.4 Å². The van der Waals surface area contributed by atoms with Crippen LogP contribution in [-0.2, 0) is 31.6 Å². The number of phosphoric ester groups is 1. The molecule has 1 saturated heterocycles. The van der Waals surface area contributed by atoms with E-state index in [0.717, 1.165) is 0 Å². The van der Waals surface area contributed by atoms with Crippen LogP contribution in [0, 0.1) is 0 Å². The summed E-state index contributed by atoms with van der Waals surface area (Å²) in [6.45, 7) is -0.888. The number of aliphatic hydroxyl groups excluding tert-OH is 1. The van der Waals surface area contributed by atoms with Crippen molar-refractivity contribution in [2.45, 2.75) is 24.9 Å². The summed E-state index contributed by atoms with van der Waals surface area (Å²) in [5.41, 5.74) is 6.13. The molecule has 3 rings (SSSR count). The number of ether oxygens (including phenoxy) is 1. The van der Waals surface area contributed by atoms with E-state index in [4.69, 9.17) is 10.5 Å². The predicted molar refractivity (Wildman–Crippen MR) is 87.4 cm³/mol. The molecule has 1 fully saturated rings. The Kier molecular flexibility index (Phi) is 15.7. The van der Waals surface area contributed by atoms with Crippen molar-refractivity contribution in [1.29, 1.82) is 0 Å². The maximum atomic E-state index is 11.6. The van der Waals surface area contributed by atoms with Gasteiger partial charge in [0.1, 0.15) is 30.1 Å². The molecule has 3 N–H and O–H groups in total. The summed E-state index contributed by atoms with van der Waals surface area (Å²) in [7, 11) is -17.8. The van der Waals surface area contributed by atoms with E-state index in [0.29, 0.717) is 11.0 Å². The molecule has 3 heterocycles. The fraction of sp³-hybridized carbons (Fsp3) is 0.455. The number of anilines is 1. The normalized spacial score (nSPS) is 23.4. The van der Waals surface area contributed by atoms with E-state index in [9.17, 15) is 38.4 Å². The van der Waals surface area contributed by atoms with Crippen molar-refractivity contribution in [1.82, 2.24) is 14.5 Å². The summed E-state index contributed by atoms with van der Waals surface area (Å²) in [6, 6.07) is 1.61. The van der Waals surface area contributed by atoms with Gasteiger partial charge in [0, 0.05) is 12.6 Å². The van der Waals surface area contributed by atoms with Crippen LogP contribution in [-0.4, -0.2) is 38.5 Å². The van der Waals surface area contributed by atoms with Gasteiger partial charge in [-0.15, -0.1) is 0 Å². The summed E-state index contributed by atoms with van der Waals surface area (Å²) in [6.07, 6.45) is -0.498. The molecule has 1 aliphatic heterocycles. The Labute approximate surface area is 240 Å². The summed E-state index contributed by atoms with van der Waals surface area (Å²) >= 11 is 0. The Balaban J connectivity index is 0. The molecule has 0 saturated carbocycles. The van der Waals surface area contributed by atoms with Gasteiger partial charge in [0.25, 0.3) is 15.6 Å². The van der Waals surface area contributed by atoms with Crippen LogP contribution in [0.25, 0.3) is 11.0 Å². The zero-order valence-electron chi connectivity index (χ0n) is 18.6. The Morgan fingerprint density at radius 3 is 2.29 bits per heavy atom. The van der Waals surface area contributed by atoms with Gasteiger partial charge in [0.05, 0.1) is 25.9 Å². The SMILES string of the molecule is Nc1ncnc2c1ccn2C1CC(O)C(COP(=O)([O-])OP(=O)([O-])OP(=O)([O-])[O-])O1.[Li+].[Li+].[Li+].[Li+]. The standard InChI is InChI=1S/C11H17N4O12P3.4Li/c12-10-6-1-2-15(11(6)14-5-13-10)9-3-7(16)8(25-9)4-24-29(20,21)27-30(22,23)26-28(17,18)19;;;;/h1-2,5,7-9,16H,3-4H2,(H,20,21)(H,22,23)(H2,12,13,14)(H2,17,18,19);;;;/q;4*+1/p-4. The minimum atomic E-state index is -6.09. The van der Waals surface area contributed by atoms with Crippen LogP contribution in [0.5, 0.6) is 0 Å². The molecule has 1 aliphatic rings. The Bertz CT molecular complexity index is 1090. The predicted octanol–water partition coefficient (Wildman–Crippen LogP) is -14.5. The van der Waals surface area contributed by atoms with Crippen LogP contribution >= 0.6 is 23.5 Å². The van der Waals surface area contributed by atoms with Crippen molar-refractivity contribution in [3.05, 3.63) is 18.6 Å². The molecule has 5 atom stereocenters. The summed E-state index contributed by atoms with van der Waals surface area (Å²) in [4.78, 5) is 51.2. The number of rotatable bonds is 8. The fourth-order valence-electron chi connectivity index (χ4n) is 2.71. The average Bonchev–Trinajstić information content (AvgIpc) is 3.14. The molecular weight excluding hydrogens is 501 g/mol. The zero-order valence-corrected chi connectivity index (χ0v) is 21.3. The number of aliphatic hydroxyl groups is 1. The van der Waals surface area contributed by atoms with Crippen LogP contribution in [0.2, 0.25) is 0 Å². The van der Waals surface area contributed by atoms with Gasteiger partial charge in [-0.05, 0) is 6.07 Å². The maximum absolute atomic E-state index is 11.6. The molecule has 0 aliphatic carbocycles. The number of phosphoric acid groups is 3. The number of fused-ring (bicyclic) bond motifs is 1. The van der Waals surface area contributed by atoms with Crippen LogP contribution in [0.15, 0.2) is 18.6 Å². The second-order valence-corrected chi connectivity index (χ2v) is 10.2. The molecule has 0 spiro atoms. The zero-order chi connectivity index (χ0) is 22.3. The van der Waals surface area contributed by atoms with E-state index in [2.05, 4.69) is 23.1 Å². The second-order valence-electron chi connectivity index (χ2n) is 5.95. The van der Waals surface area contributed by atoms with Crippen LogP contribution in [0.1, 0.15) is 12.6 Å². The van der Waals surface area contributed by atoms with E-state index in [1.807, 2.05) is 0 Å². The third-order valence-corrected chi connectivity index (χ3v) is 7.52. The Hall–Kier alpha value is 1.14. The van der Waals surface area contributed by atoms with E-state index in [1.54, 1.807) is 12.3 Å². The summed E-state index contributed by atoms with van der Waals surface area (Å²) in [5.74, 6) is 0.214. The van der Waals surface area contributed by atoms with Gasteiger partial charge in [0.2, 0.25) is 0 Å². The van der Waals surface area contributed by atoms with E-state index in [1.165, 1.54) is 10.9 Å². The number of hydrogen-bond acceptors (Lipinski definition) is 15. The van der Waals surface area contributed by atoms with E-state index >= 15 is 0 Å². The number of nitrogens with zero attached hydrogens (tertiary/aromatic N) is 3. The van der Waals surface area contributed by atoms with Gasteiger partial charge in [-0.25, -0.2) is 14.3 Å².